The molecule has 0 aromatic carbocycles. The molecule has 0 aliphatic rings. The monoisotopic (exact) mass is 260 g/mol. The minimum Gasteiger partial charge on any atom is -0.369 e. The molecule has 0 bridgehead atoms. The number of H-pyrrole nitrogens is 1. The Balaban J connectivity index is 2.79. The third-order valence-electron chi connectivity index (χ3n) is 2.34. The number of carbonyl (C=O) groups excluding carboxylic acids is 1. The molecule has 4 N–H and O–H groups in total. The summed E-state index contributed by atoms with van der Waals surface area (Å²) in [7, 11) is -3.68. The largest absolute Gasteiger partial charge is 0.369 e. The summed E-state index contributed by atoms with van der Waals surface area (Å²) in [5.41, 5.74) is 4.21. The molecule has 0 saturated heterocycles. The number of hydrogen-bond donors (Lipinski definition) is 3. The van der Waals surface area contributed by atoms with Crippen LogP contribution in [0.1, 0.15) is 19.7 Å². The van der Waals surface area contributed by atoms with E-state index < -0.39 is 21.3 Å². The molecule has 1 rings (SSSR count). The van der Waals surface area contributed by atoms with Crippen LogP contribution in [-0.2, 0) is 14.8 Å². The Kier molecular flexibility index (Phi) is 3.58. The first-order valence-electron chi connectivity index (χ1n) is 4.96. The number of imidazole rings is 1. The van der Waals surface area contributed by atoms with Crippen molar-refractivity contribution in [2.45, 2.75) is 25.8 Å². The fourth-order valence-corrected chi connectivity index (χ4v) is 2.16. The number of aromatic nitrogens is 2. The molecule has 7 nitrogen and oxygen atoms in total. The zero-order valence-electron chi connectivity index (χ0n) is 9.94. The maximum Gasteiger partial charge on any atom is 0.257 e. The summed E-state index contributed by atoms with van der Waals surface area (Å²) < 4.78 is 25.9. The summed E-state index contributed by atoms with van der Waals surface area (Å²) in [5.74, 6) is -0.0690. The number of rotatable bonds is 5. The molecule has 0 spiro atoms. The lowest BCUT2D eigenvalue weighted by Gasteiger charge is -2.20. The van der Waals surface area contributed by atoms with Crippen LogP contribution in [0.25, 0.3) is 0 Å². The average Bonchev–Trinajstić information content (AvgIpc) is 2.63. The first-order valence-corrected chi connectivity index (χ1v) is 6.45. The standard InChI is InChI=1S/C9H16N4O3S/c1-6-11-4-7(13-6)17(15,16)12-5-9(2,3)8(10)14/h4,12H,5H2,1-3H3,(H2,10,14)(H,11,13). The van der Waals surface area contributed by atoms with Gasteiger partial charge < -0.3 is 10.7 Å². The van der Waals surface area contributed by atoms with Gasteiger partial charge in [0.15, 0.2) is 5.03 Å². The molecule has 96 valence electrons. The molecule has 0 atom stereocenters. The Morgan fingerprint density at radius 1 is 1.59 bits per heavy atom. The van der Waals surface area contributed by atoms with Crippen LogP contribution in [-0.4, -0.2) is 30.8 Å². The number of sulfonamides is 1. The molecule has 0 unspecified atom stereocenters. The van der Waals surface area contributed by atoms with Gasteiger partial charge in [-0.2, -0.15) is 0 Å². The zero-order chi connectivity index (χ0) is 13.3. The van der Waals surface area contributed by atoms with Gasteiger partial charge in [0, 0.05) is 6.54 Å². The molecule has 0 saturated carbocycles. The maximum atomic E-state index is 11.8. The van der Waals surface area contributed by atoms with E-state index in [0.717, 1.165) is 0 Å². The third-order valence-corrected chi connectivity index (χ3v) is 3.65. The average molecular weight is 260 g/mol. The number of primary amides is 1. The van der Waals surface area contributed by atoms with Gasteiger partial charge in [0.2, 0.25) is 5.91 Å². The van der Waals surface area contributed by atoms with Gasteiger partial charge in [-0.15, -0.1) is 0 Å². The number of nitrogens with one attached hydrogen (secondary N) is 2. The van der Waals surface area contributed by atoms with Crippen LogP contribution in [0.5, 0.6) is 0 Å². The van der Waals surface area contributed by atoms with Gasteiger partial charge in [0.05, 0.1) is 11.6 Å². The molecule has 17 heavy (non-hydrogen) atoms. The highest BCUT2D eigenvalue weighted by atomic mass is 32.2. The van der Waals surface area contributed by atoms with Crippen LogP contribution < -0.4 is 10.5 Å². The van der Waals surface area contributed by atoms with Crippen molar-refractivity contribution in [3.8, 4) is 0 Å². The topological polar surface area (TPSA) is 118 Å². The Labute approximate surface area is 99.9 Å². The smallest absolute Gasteiger partial charge is 0.257 e. The Hall–Kier alpha value is -1.41. The summed E-state index contributed by atoms with van der Waals surface area (Å²) in [4.78, 5) is 17.4. The quantitative estimate of drug-likeness (QED) is 0.661. The maximum absolute atomic E-state index is 11.8. The highest BCUT2D eigenvalue weighted by molar-refractivity contribution is 7.89. The van der Waals surface area contributed by atoms with Crippen LogP contribution in [0.15, 0.2) is 11.2 Å². The van der Waals surface area contributed by atoms with Crippen molar-refractivity contribution in [2.24, 2.45) is 11.1 Å². The van der Waals surface area contributed by atoms with Crippen molar-refractivity contribution in [1.82, 2.24) is 14.7 Å². The van der Waals surface area contributed by atoms with E-state index in [4.69, 9.17) is 5.73 Å². The molecule has 0 aliphatic carbocycles. The number of aromatic amines is 1. The van der Waals surface area contributed by atoms with E-state index in [9.17, 15) is 13.2 Å². The SMILES string of the molecule is Cc1ncc(S(=O)(=O)NCC(C)(C)C(N)=O)[nH]1. The van der Waals surface area contributed by atoms with Crippen LogP contribution in [0.3, 0.4) is 0 Å². The van der Waals surface area contributed by atoms with Crippen LogP contribution >= 0.6 is 0 Å². The lowest BCUT2D eigenvalue weighted by molar-refractivity contribution is -0.125. The highest BCUT2D eigenvalue weighted by Crippen LogP contribution is 2.14. The third kappa shape index (κ3) is 3.27. The Morgan fingerprint density at radius 3 is 2.59 bits per heavy atom. The Morgan fingerprint density at radius 2 is 2.18 bits per heavy atom. The first-order chi connectivity index (χ1) is 7.65. The summed E-state index contributed by atoms with van der Waals surface area (Å²) in [6.45, 7) is 4.71. The molecule has 0 aliphatic heterocycles. The number of hydrogen-bond acceptors (Lipinski definition) is 4. The molecule has 8 heteroatoms. The van der Waals surface area contributed by atoms with Crippen molar-refractivity contribution in [3.05, 3.63) is 12.0 Å². The van der Waals surface area contributed by atoms with Crippen molar-refractivity contribution in [1.29, 1.82) is 0 Å². The molecule has 1 aromatic heterocycles. The van der Waals surface area contributed by atoms with Crippen molar-refractivity contribution in [2.75, 3.05) is 6.54 Å². The second-order valence-corrected chi connectivity index (χ2v) is 6.14. The summed E-state index contributed by atoms with van der Waals surface area (Å²) in [5, 5.41) is -0.0322. The van der Waals surface area contributed by atoms with Crippen LogP contribution in [0.2, 0.25) is 0 Å². The van der Waals surface area contributed by atoms with E-state index >= 15 is 0 Å². The minimum absolute atomic E-state index is 0.0322. The van der Waals surface area contributed by atoms with E-state index in [1.165, 1.54) is 6.20 Å². The van der Waals surface area contributed by atoms with Gasteiger partial charge in [-0.25, -0.2) is 18.1 Å². The lowest BCUT2D eigenvalue weighted by atomic mass is 9.93. The number of amides is 1. The normalized spacial score (nSPS) is 12.6. The van der Waals surface area contributed by atoms with Gasteiger partial charge >= 0.3 is 0 Å². The zero-order valence-corrected chi connectivity index (χ0v) is 10.8. The van der Waals surface area contributed by atoms with Crippen LogP contribution in [0, 0.1) is 12.3 Å². The minimum atomic E-state index is -3.68. The summed E-state index contributed by atoms with van der Waals surface area (Å²) in [6.07, 6.45) is 1.22. The van der Waals surface area contributed by atoms with E-state index in [0.29, 0.717) is 5.82 Å². The van der Waals surface area contributed by atoms with E-state index in [-0.39, 0.29) is 11.6 Å². The van der Waals surface area contributed by atoms with E-state index in [1.807, 2.05) is 0 Å². The summed E-state index contributed by atoms with van der Waals surface area (Å²) >= 11 is 0. The lowest BCUT2D eigenvalue weighted by Crippen LogP contribution is -2.42. The summed E-state index contributed by atoms with van der Waals surface area (Å²) in [6, 6.07) is 0. The highest BCUT2D eigenvalue weighted by Gasteiger charge is 2.28. The fraction of sp³-hybridized carbons (Fsp3) is 0.556. The van der Waals surface area contributed by atoms with Gasteiger partial charge in [0.25, 0.3) is 10.0 Å². The fourth-order valence-electron chi connectivity index (χ4n) is 0.975. The van der Waals surface area contributed by atoms with Crippen LogP contribution in [0.4, 0.5) is 0 Å². The van der Waals surface area contributed by atoms with Gasteiger partial charge in [-0.1, -0.05) is 0 Å². The van der Waals surface area contributed by atoms with E-state index in [1.54, 1.807) is 20.8 Å². The number of carbonyl (C=O) groups is 1. The predicted molar refractivity (Wildman–Crippen MR) is 61.5 cm³/mol. The van der Waals surface area contributed by atoms with Gasteiger partial charge in [-0.05, 0) is 20.8 Å². The first kappa shape index (κ1) is 13.7. The number of nitrogens with two attached hydrogens (primary N) is 1. The Bertz CT molecular complexity index is 518. The second kappa shape index (κ2) is 4.46. The van der Waals surface area contributed by atoms with Gasteiger partial charge in [-0.3, -0.25) is 4.79 Å². The number of aryl methyl sites for hydroxylation is 1. The molecule has 1 heterocycles. The van der Waals surface area contributed by atoms with Crippen molar-refractivity contribution in [3.63, 3.8) is 0 Å². The molecule has 0 fully saturated rings. The predicted octanol–water partition coefficient (Wildman–Crippen LogP) is -0.492. The molecular formula is C9H16N4O3S. The van der Waals surface area contributed by atoms with Crippen molar-refractivity contribution < 1.29 is 13.2 Å². The molecular weight excluding hydrogens is 244 g/mol. The van der Waals surface area contributed by atoms with E-state index in [2.05, 4.69) is 14.7 Å². The second-order valence-electron chi connectivity index (χ2n) is 4.41. The molecule has 1 aromatic rings. The van der Waals surface area contributed by atoms with Crippen molar-refractivity contribution >= 4 is 15.9 Å². The van der Waals surface area contributed by atoms with Gasteiger partial charge in [0.1, 0.15) is 5.82 Å². The molecule has 0 radical (unpaired) electrons. The number of nitrogens with zero attached hydrogens (tertiary/aromatic N) is 1. The molecule has 1 amide bonds.